The highest BCUT2D eigenvalue weighted by Gasteiger charge is 2.38. The van der Waals surface area contributed by atoms with Crippen LogP contribution in [0.2, 0.25) is 0 Å². The fourth-order valence-corrected chi connectivity index (χ4v) is 4.23. The quantitative estimate of drug-likeness (QED) is 0.633. The lowest BCUT2D eigenvalue weighted by Crippen LogP contribution is -2.61. The average Bonchev–Trinajstić information content (AvgIpc) is 2.64. The molecule has 0 atom stereocenters. The van der Waals surface area contributed by atoms with Crippen molar-refractivity contribution in [3.05, 3.63) is 35.9 Å². The molecular weight excluding hydrogens is 358 g/mol. The molecule has 0 aromatic heterocycles. The lowest BCUT2D eigenvalue weighted by atomic mass is 9.83. The van der Waals surface area contributed by atoms with Crippen LogP contribution in [0.1, 0.15) is 38.2 Å². The highest BCUT2D eigenvalue weighted by atomic mass is 16.5. The summed E-state index contributed by atoms with van der Waals surface area (Å²) in [5.74, 6) is -0.807. The van der Waals surface area contributed by atoms with E-state index in [9.17, 15) is 9.59 Å². The van der Waals surface area contributed by atoms with Crippen molar-refractivity contribution in [1.82, 2.24) is 15.5 Å². The molecule has 2 aliphatic rings. The molecule has 1 aliphatic heterocycles. The minimum Gasteiger partial charge on any atom is -0.480 e. The minimum atomic E-state index is -0.807. The van der Waals surface area contributed by atoms with Crippen molar-refractivity contribution in [2.75, 3.05) is 26.3 Å². The fraction of sp³-hybridized carbons (Fsp3) is 0.619. The van der Waals surface area contributed by atoms with Gasteiger partial charge in [-0.25, -0.2) is 4.79 Å². The zero-order chi connectivity index (χ0) is 20.0. The number of carbonyl (C=O) groups is 2. The van der Waals surface area contributed by atoms with Gasteiger partial charge in [-0.05, 0) is 44.2 Å². The molecule has 1 aliphatic carbocycles. The number of ether oxygens (including phenoxy) is 1. The molecule has 3 rings (SSSR count). The number of aliphatic carboxylic acids is 1. The first-order chi connectivity index (χ1) is 13.5. The Bertz CT molecular complexity index is 655. The van der Waals surface area contributed by atoms with Crippen molar-refractivity contribution in [3.8, 4) is 0 Å². The third kappa shape index (κ3) is 5.45. The Hall–Kier alpha value is -2.12. The standard InChI is InChI=1S/C21H31N3O4/c1-2-24(15-19(25)26)18-12-17(13-18)22-20(27)23-21(8-10-28-11-9-21)14-16-6-4-3-5-7-16/h3-7,17-18H,2,8-15H2,1H3,(H,25,26)(H2,22,23,27). The van der Waals surface area contributed by atoms with Crippen molar-refractivity contribution in [3.63, 3.8) is 0 Å². The molecule has 1 heterocycles. The summed E-state index contributed by atoms with van der Waals surface area (Å²) in [6.07, 6.45) is 3.97. The molecule has 1 aromatic rings. The number of hydrogen-bond donors (Lipinski definition) is 3. The van der Waals surface area contributed by atoms with E-state index in [2.05, 4.69) is 22.8 Å². The second kappa shape index (κ2) is 9.39. The summed E-state index contributed by atoms with van der Waals surface area (Å²) in [6, 6.07) is 10.4. The third-order valence-corrected chi connectivity index (χ3v) is 5.92. The number of nitrogens with zero attached hydrogens (tertiary/aromatic N) is 1. The summed E-state index contributed by atoms with van der Waals surface area (Å²) in [5.41, 5.74) is 0.923. The van der Waals surface area contributed by atoms with E-state index < -0.39 is 5.97 Å². The molecule has 28 heavy (non-hydrogen) atoms. The number of amides is 2. The predicted molar refractivity (Wildman–Crippen MR) is 106 cm³/mol. The molecular formula is C21H31N3O4. The second-order valence-electron chi connectivity index (χ2n) is 7.93. The van der Waals surface area contributed by atoms with Crippen LogP contribution >= 0.6 is 0 Å². The largest absolute Gasteiger partial charge is 0.480 e. The number of carbonyl (C=O) groups excluding carboxylic acids is 1. The molecule has 2 fully saturated rings. The fourth-order valence-electron chi connectivity index (χ4n) is 4.23. The maximum absolute atomic E-state index is 12.7. The molecule has 0 unspecified atom stereocenters. The number of carboxylic acids is 1. The van der Waals surface area contributed by atoms with Gasteiger partial charge >= 0.3 is 12.0 Å². The molecule has 1 saturated carbocycles. The molecule has 2 amide bonds. The van der Waals surface area contributed by atoms with E-state index in [1.54, 1.807) is 0 Å². The SMILES string of the molecule is CCN(CC(=O)O)C1CC(NC(=O)NC2(Cc3ccccc3)CCOCC2)C1. The first kappa shape index (κ1) is 20.6. The Balaban J connectivity index is 1.51. The van der Waals surface area contributed by atoms with Crippen LogP contribution in [0.25, 0.3) is 0 Å². The predicted octanol–water partition coefficient (Wildman–Crippen LogP) is 2.02. The Morgan fingerprint density at radius 1 is 1.21 bits per heavy atom. The van der Waals surface area contributed by atoms with Gasteiger partial charge in [0.1, 0.15) is 0 Å². The second-order valence-corrected chi connectivity index (χ2v) is 7.93. The van der Waals surface area contributed by atoms with Crippen LogP contribution in [0, 0.1) is 0 Å². The molecule has 154 valence electrons. The number of nitrogens with one attached hydrogen (secondary N) is 2. The van der Waals surface area contributed by atoms with Gasteiger partial charge in [-0.1, -0.05) is 37.3 Å². The number of urea groups is 1. The van der Waals surface area contributed by atoms with E-state index >= 15 is 0 Å². The average molecular weight is 389 g/mol. The zero-order valence-electron chi connectivity index (χ0n) is 16.5. The van der Waals surface area contributed by atoms with Gasteiger partial charge < -0.3 is 20.5 Å². The normalized spacial score (nSPS) is 23.6. The van der Waals surface area contributed by atoms with E-state index in [1.165, 1.54) is 5.56 Å². The Kier molecular flexibility index (Phi) is 6.91. The van der Waals surface area contributed by atoms with Crippen molar-refractivity contribution in [1.29, 1.82) is 0 Å². The van der Waals surface area contributed by atoms with Gasteiger partial charge in [-0.2, -0.15) is 0 Å². The van der Waals surface area contributed by atoms with E-state index in [0.29, 0.717) is 19.8 Å². The molecule has 3 N–H and O–H groups in total. The van der Waals surface area contributed by atoms with Gasteiger partial charge in [0.2, 0.25) is 0 Å². The van der Waals surface area contributed by atoms with E-state index in [0.717, 1.165) is 32.1 Å². The number of carboxylic acid groups (broad SMARTS) is 1. The third-order valence-electron chi connectivity index (χ3n) is 5.92. The topological polar surface area (TPSA) is 90.9 Å². The zero-order valence-corrected chi connectivity index (χ0v) is 16.5. The molecule has 7 nitrogen and oxygen atoms in total. The van der Waals surface area contributed by atoms with Crippen LogP contribution in [0.4, 0.5) is 4.79 Å². The molecule has 0 spiro atoms. The molecule has 0 radical (unpaired) electrons. The van der Waals surface area contributed by atoms with E-state index in [4.69, 9.17) is 9.84 Å². The molecule has 7 heteroatoms. The van der Waals surface area contributed by atoms with Gasteiger partial charge in [-0.3, -0.25) is 9.69 Å². The minimum absolute atomic E-state index is 0.0558. The van der Waals surface area contributed by atoms with Gasteiger partial charge in [0.05, 0.1) is 12.1 Å². The highest BCUT2D eigenvalue weighted by Crippen LogP contribution is 2.27. The van der Waals surface area contributed by atoms with Crippen LogP contribution in [0.5, 0.6) is 0 Å². The van der Waals surface area contributed by atoms with Gasteiger partial charge in [-0.15, -0.1) is 0 Å². The van der Waals surface area contributed by atoms with E-state index in [-0.39, 0.29) is 30.2 Å². The highest BCUT2D eigenvalue weighted by molar-refractivity contribution is 5.75. The number of hydrogen-bond acceptors (Lipinski definition) is 4. The smallest absolute Gasteiger partial charge is 0.317 e. The molecule has 1 aromatic carbocycles. The first-order valence-electron chi connectivity index (χ1n) is 10.2. The van der Waals surface area contributed by atoms with Crippen molar-refractivity contribution in [2.24, 2.45) is 0 Å². The number of benzene rings is 1. The van der Waals surface area contributed by atoms with Gasteiger partial charge in [0.15, 0.2) is 0 Å². The van der Waals surface area contributed by atoms with Crippen LogP contribution in [0.3, 0.4) is 0 Å². The summed E-state index contributed by atoms with van der Waals surface area (Å²) in [7, 11) is 0. The van der Waals surface area contributed by atoms with Crippen LogP contribution in [0.15, 0.2) is 30.3 Å². The van der Waals surface area contributed by atoms with E-state index in [1.807, 2.05) is 30.0 Å². The summed E-state index contributed by atoms with van der Waals surface area (Å²) in [4.78, 5) is 25.6. The lowest BCUT2D eigenvalue weighted by Gasteiger charge is -2.43. The molecule has 1 saturated heterocycles. The number of rotatable bonds is 8. The Morgan fingerprint density at radius 3 is 2.50 bits per heavy atom. The summed E-state index contributed by atoms with van der Waals surface area (Å²) < 4.78 is 5.52. The monoisotopic (exact) mass is 389 g/mol. The Labute approximate surface area is 166 Å². The first-order valence-corrected chi connectivity index (χ1v) is 10.2. The lowest BCUT2D eigenvalue weighted by molar-refractivity contribution is -0.139. The summed E-state index contributed by atoms with van der Waals surface area (Å²) in [6.45, 7) is 4.03. The maximum Gasteiger partial charge on any atom is 0.317 e. The summed E-state index contributed by atoms with van der Waals surface area (Å²) >= 11 is 0. The van der Waals surface area contributed by atoms with Crippen molar-refractivity contribution in [2.45, 2.75) is 56.7 Å². The van der Waals surface area contributed by atoms with Gasteiger partial charge in [0.25, 0.3) is 0 Å². The van der Waals surface area contributed by atoms with Crippen molar-refractivity contribution < 1.29 is 19.4 Å². The van der Waals surface area contributed by atoms with Gasteiger partial charge in [0, 0.05) is 25.3 Å². The van der Waals surface area contributed by atoms with Crippen molar-refractivity contribution >= 4 is 12.0 Å². The van der Waals surface area contributed by atoms with Crippen LogP contribution in [-0.4, -0.2) is 65.9 Å². The number of likely N-dealkylation sites (N-methyl/N-ethyl adjacent to an activating group) is 1. The summed E-state index contributed by atoms with van der Waals surface area (Å²) in [5, 5.41) is 15.3. The van der Waals surface area contributed by atoms with Crippen LogP contribution < -0.4 is 10.6 Å². The molecule has 0 bridgehead atoms. The maximum atomic E-state index is 12.7. The van der Waals surface area contributed by atoms with Crippen LogP contribution in [-0.2, 0) is 16.0 Å². The Morgan fingerprint density at radius 2 is 1.89 bits per heavy atom.